The van der Waals surface area contributed by atoms with Crippen LogP contribution in [-0.2, 0) is 10.2 Å². The summed E-state index contributed by atoms with van der Waals surface area (Å²) in [7, 11) is 1.52. The van der Waals surface area contributed by atoms with Gasteiger partial charge in [0, 0.05) is 11.3 Å². The lowest BCUT2D eigenvalue weighted by Crippen LogP contribution is -2.41. The van der Waals surface area contributed by atoms with Gasteiger partial charge in [-0.05, 0) is 48.2 Å². The Kier molecular flexibility index (Phi) is 6.50. The predicted molar refractivity (Wildman–Crippen MR) is 109 cm³/mol. The Balaban J connectivity index is 1.99. The van der Waals surface area contributed by atoms with Gasteiger partial charge in [0.25, 0.3) is 5.91 Å². The third kappa shape index (κ3) is 5.47. The molecule has 144 valence electrons. The van der Waals surface area contributed by atoms with Gasteiger partial charge in [0.1, 0.15) is 11.8 Å². The second-order valence-electron chi connectivity index (χ2n) is 7.36. The lowest BCUT2D eigenvalue weighted by molar-refractivity contribution is -0.117. The molecule has 0 spiro atoms. The first kappa shape index (κ1) is 20.8. The lowest BCUT2D eigenvalue weighted by atomic mass is 9.86. The van der Waals surface area contributed by atoms with Crippen molar-refractivity contribution in [2.24, 2.45) is 0 Å². The Bertz CT molecular complexity index is 826. The van der Waals surface area contributed by atoms with E-state index in [1.165, 1.54) is 7.11 Å². The summed E-state index contributed by atoms with van der Waals surface area (Å²) in [5.41, 5.74) is 2.19. The Hall–Kier alpha value is -2.53. The fraction of sp³-hybridized carbons (Fsp3) is 0.333. The smallest absolute Gasteiger partial charge is 0.251 e. The molecule has 0 unspecified atom stereocenters. The van der Waals surface area contributed by atoms with Crippen molar-refractivity contribution in [3.63, 3.8) is 0 Å². The van der Waals surface area contributed by atoms with Crippen LogP contribution in [0.1, 0.15) is 43.6 Å². The molecule has 0 bridgehead atoms. The zero-order chi connectivity index (χ0) is 20.2. The maximum Gasteiger partial charge on any atom is 0.251 e. The van der Waals surface area contributed by atoms with Gasteiger partial charge in [0.2, 0.25) is 5.91 Å². The molecular formula is C21H25ClN2O3. The van der Waals surface area contributed by atoms with Crippen LogP contribution < -0.4 is 15.4 Å². The molecule has 1 atom stereocenters. The molecule has 2 aromatic carbocycles. The standard InChI is InChI=1S/C21H25ClN2O3/c1-13(19(25)24-16-10-11-18(27-5)17(22)12-16)23-20(26)14-6-8-15(9-7-14)21(2,3)4/h6-13H,1-5H3,(H,23,26)(H,24,25)/t13-/m0/s1. The molecule has 0 saturated carbocycles. The van der Waals surface area contributed by atoms with Crippen molar-refractivity contribution in [1.29, 1.82) is 0 Å². The molecule has 0 aromatic heterocycles. The van der Waals surface area contributed by atoms with Crippen LogP contribution in [0.2, 0.25) is 5.02 Å². The number of carbonyl (C=O) groups excluding carboxylic acids is 2. The van der Waals surface area contributed by atoms with Gasteiger partial charge in [-0.25, -0.2) is 0 Å². The Labute approximate surface area is 165 Å². The largest absolute Gasteiger partial charge is 0.495 e. The van der Waals surface area contributed by atoms with E-state index in [9.17, 15) is 9.59 Å². The molecule has 0 heterocycles. The first-order chi connectivity index (χ1) is 12.6. The van der Waals surface area contributed by atoms with E-state index in [1.54, 1.807) is 37.3 Å². The second kappa shape index (κ2) is 8.44. The lowest BCUT2D eigenvalue weighted by Gasteiger charge is -2.19. The van der Waals surface area contributed by atoms with Gasteiger partial charge in [0.15, 0.2) is 0 Å². The van der Waals surface area contributed by atoms with Crippen molar-refractivity contribution in [1.82, 2.24) is 5.32 Å². The molecule has 2 N–H and O–H groups in total. The van der Waals surface area contributed by atoms with E-state index in [0.717, 1.165) is 5.56 Å². The van der Waals surface area contributed by atoms with Crippen LogP contribution in [0.5, 0.6) is 5.75 Å². The maximum absolute atomic E-state index is 12.4. The van der Waals surface area contributed by atoms with Gasteiger partial charge >= 0.3 is 0 Å². The summed E-state index contributed by atoms with van der Waals surface area (Å²) in [5.74, 6) is -0.114. The van der Waals surface area contributed by atoms with Crippen molar-refractivity contribution in [3.05, 3.63) is 58.6 Å². The third-order valence-corrected chi connectivity index (χ3v) is 4.47. The molecule has 2 amide bonds. The highest BCUT2D eigenvalue weighted by atomic mass is 35.5. The number of benzene rings is 2. The van der Waals surface area contributed by atoms with Crippen LogP contribution in [0.25, 0.3) is 0 Å². The molecule has 5 nitrogen and oxygen atoms in total. The minimum absolute atomic E-state index is 0.0157. The molecule has 0 radical (unpaired) electrons. The van der Waals surface area contributed by atoms with Gasteiger partial charge in [-0.2, -0.15) is 0 Å². The number of rotatable bonds is 5. The van der Waals surface area contributed by atoms with Crippen LogP contribution in [-0.4, -0.2) is 25.0 Å². The normalized spacial score (nSPS) is 12.2. The van der Waals surface area contributed by atoms with E-state index in [-0.39, 0.29) is 17.2 Å². The van der Waals surface area contributed by atoms with Gasteiger partial charge in [0.05, 0.1) is 12.1 Å². The highest BCUT2D eigenvalue weighted by Gasteiger charge is 2.18. The topological polar surface area (TPSA) is 67.4 Å². The summed E-state index contributed by atoms with van der Waals surface area (Å²) >= 11 is 6.06. The fourth-order valence-electron chi connectivity index (χ4n) is 2.46. The van der Waals surface area contributed by atoms with Crippen molar-refractivity contribution in [2.75, 3.05) is 12.4 Å². The molecule has 0 fully saturated rings. The van der Waals surface area contributed by atoms with Gasteiger partial charge in [-0.1, -0.05) is 44.5 Å². The molecule has 0 aliphatic rings. The molecular weight excluding hydrogens is 364 g/mol. The number of halogens is 1. The quantitative estimate of drug-likeness (QED) is 0.797. The molecule has 2 rings (SSSR count). The summed E-state index contributed by atoms with van der Waals surface area (Å²) in [6.45, 7) is 7.96. The third-order valence-electron chi connectivity index (χ3n) is 4.17. The number of anilines is 1. The summed E-state index contributed by atoms with van der Waals surface area (Å²) in [4.78, 5) is 24.7. The van der Waals surface area contributed by atoms with Gasteiger partial charge in [-0.15, -0.1) is 0 Å². The summed E-state index contributed by atoms with van der Waals surface area (Å²) in [5, 5.41) is 5.82. The Morgan fingerprint density at radius 3 is 2.22 bits per heavy atom. The number of ether oxygens (including phenoxy) is 1. The summed E-state index contributed by atoms with van der Waals surface area (Å²) in [6.07, 6.45) is 0. The number of carbonyl (C=O) groups is 2. The molecule has 2 aromatic rings. The Morgan fingerprint density at radius 2 is 1.70 bits per heavy atom. The Morgan fingerprint density at radius 1 is 1.07 bits per heavy atom. The molecule has 0 saturated heterocycles. The average molecular weight is 389 g/mol. The minimum atomic E-state index is -0.708. The van der Waals surface area contributed by atoms with E-state index < -0.39 is 6.04 Å². The molecule has 6 heteroatoms. The molecule has 27 heavy (non-hydrogen) atoms. The van der Waals surface area contributed by atoms with E-state index in [4.69, 9.17) is 16.3 Å². The SMILES string of the molecule is COc1ccc(NC(=O)[C@H](C)NC(=O)c2ccc(C(C)(C)C)cc2)cc1Cl. The van der Waals surface area contributed by atoms with Crippen LogP contribution in [0, 0.1) is 0 Å². The minimum Gasteiger partial charge on any atom is -0.495 e. The first-order valence-electron chi connectivity index (χ1n) is 8.67. The molecule has 0 aliphatic heterocycles. The maximum atomic E-state index is 12.4. The van der Waals surface area contributed by atoms with Crippen LogP contribution >= 0.6 is 11.6 Å². The van der Waals surface area contributed by atoms with Crippen molar-refractivity contribution in [3.8, 4) is 5.75 Å². The highest BCUT2D eigenvalue weighted by molar-refractivity contribution is 6.32. The number of nitrogens with one attached hydrogen (secondary N) is 2. The highest BCUT2D eigenvalue weighted by Crippen LogP contribution is 2.27. The van der Waals surface area contributed by atoms with Crippen LogP contribution in [0.15, 0.2) is 42.5 Å². The number of hydrogen-bond acceptors (Lipinski definition) is 3. The number of amides is 2. The van der Waals surface area contributed by atoms with E-state index in [1.807, 2.05) is 12.1 Å². The van der Waals surface area contributed by atoms with E-state index in [0.29, 0.717) is 22.0 Å². The van der Waals surface area contributed by atoms with E-state index in [2.05, 4.69) is 31.4 Å². The van der Waals surface area contributed by atoms with Crippen LogP contribution in [0.3, 0.4) is 0 Å². The first-order valence-corrected chi connectivity index (χ1v) is 9.05. The fourth-order valence-corrected chi connectivity index (χ4v) is 2.72. The zero-order valence-electron chi connectivity index (χ0n) is 16.2. The second-order valence-corrected chi connectivity index (χ2v) is 7.77. The monoisotopic (exact) mass is 388 g/mol. The molecule has 0 aliphatic carbocycles. The van der Waals surface area contributed by atoms with Crippen LogP contribution in [0.4, 0.5) is 5.69 Å². The van der Waals surface area contributed by atoms with Crippen molar-refractivity contribution in [2.45, 2.75) is 39.2 Å². The van der Waals surface area contributed by atoms with Crippen molar-refractivity contribution >= 4 is 29.1 Å². The predicted octanol–water partition coefficient (Wildman–Crippen LogP) is 4.40. The summed E-state index contributed by atoms with van der Waals surface area (Å²) in [6, 6.07) is 11.6. The van der Waals surface area contributed by atoms with Gasteiger partial charge in [-0.3, -0.25) is 9.59 Å². The number of methoxy groups -OCH3 is 1. The zero-order valence-corrected chi connectivity index (χ0v) is 17.0. The average Bonchev–Trinajstić information content (AvgIpc) is 2.61. The number of hydrogen-bond donors (Lipinski definition) is 2. The van der Waals surface area contributed by atoms with Gasteiger partial charge < -0.3 is 15.4 Å². The van der Waals surface area contributed by atoms with Crippen molar-refractivity contribution < 1.29 is 14.3 Å². The van der Waals surface area contributed by atoms with E-state index >= 15 is 0 Å². The summed E-state index contributed by atoms with van der Waals surface area (Å²) < 4.78 is 5.08.